The van der Waals surface area contributed by atoms with Crippen LogP contribution in [-0.4, -0.2) is 9.91 Å². The van der Waals surface area contributed by atoms with Crippen molar-refractivity contribution in [1.29, 1.82) is 0 Å². The standard InChI is InChI=1S/C10H11N5O3/c11-14-9-4-3-8(15(16)17)10(13-9)12-6-7-2-1-5-18-7/h1-5H,6,11H2,(H2,12,13,14). The average Bonchev–Trinajstić information content (AvgIpc) is 2.88. The molecular formula is C10H11N5O3. The van der Waals surface area contributed by atoms with Crippen molar-refractivity contribution >= 4 is 17.3 Å². The van der Waals surface area contributed by atoms with Crippen molar-refractivity contribution in [3.05, 3.63) is 46.4 Å². The predicted octanol–water partition coefficient (Wildman–Crippen LogP) is 1.48. The molecule has 0 saturated heterocycles. The molecule has 4 N–H and O–H groups in total. The van der Waals surface area contributed by atoms with Crippen molar-refractivity contribution in [2.75, 3.05) is 10.7 Å². The van der Waals surface area contributed by atoms with Gasteiger partial charge in [-0.3, -0.25) is 10.1 Å². The number of hydrogen-bond donors (Lipinski definition) is 3. The highest BCUT2D eigenvalue weighted by molar-refractivity contribution is 5.59. The first-order valence-electron chi connectivity index (χ1n) is 5.09. The molecule has 0 bridgehead atoms. The summed E-state index contributed by atoms with van der Waals surface area (Å²) in [7, 11) is 0. The van der Waals surface area contributed by atoms with E-state index in [1.165, 1.54) is 18.4 Å². The van der Waals surface area contributed by atoms with Crippen LogP contribution in [0.3, 0.4) is 0 Å². The number of rotatable bonds is 5. The molecule has 2 rings (SSSR count). The van der Waals surface area contributed by atoms with Crippen LogP contribution in [-0.2, 0) is 6.54 Å². The summed E-state index contributed by atoms with van der Waals surface area (Å²) in [6, 6.07) is 6.24. The highest BCUT2D eigenvalue weighted by Gasteiger charge is 2.15. The van der Waals surface area contributed by atoms with Crippen LogP contribution >= 0.6 is 0 Å². The number of nitro groups is 1. The van der Waals surface area contributed by atoms with Crippen molar-refractivity contribution in [2.24, 2.45) is 5.84 Å². The number of furan rings is 1. The SMILES string of the molecule is NNc1ccc([N+](=O)[O-])c(NCc2ccco2)n1. The molecule has 0 aromatic carbocycles. The van der Waals surface area contributed by atoms with Crippen LogP contribution in [0.2, 0.25) is 0 Å². The lowest BCUT2D eigenvalue weighted by Crippen LogP contribution is -2.11. The van der Waals surface area contributed by atoms with Gasteiger partial charge in [-0.15, -0.1) is 0 Å². The second-order valence-corrected chi connectivity index (χ2v) is 3.40. The fourth-order valence-electron chi connectivity index (χ4n) is 1.39. The second kappa shape index (κ2) is 5.15. The number of nitrogen functional groups attached to an aromatic ring is 1. The fraction of sp³-hybridized carbons (Fsp3) is 0.100. The third-order valence-electron chi connectivity index (χ3n) is 2.23. The zero-order valence-corrected chi connectivity index (χ0v) is 9.29. The molecule has 0 unspecified atom stereocenters. The number of hydrazine groups is 1. The number of nitrogens with two attached hydrogens (primary N) is 1. The van der Waals surface area contributed by atoms with E-state index in [9.17, 15) is 10.1 Å². The van der Waals surface area contributed by atoms with E-state index < -0.39 is 4.92 Å². The first-order chi connectivity index (χ1) is 8.70. The zero-order chi connectivity index (χ0) is 13.0. The minimum absolute atomic E-state index is 0.124. The van der Waals surface area contributed by atoms with Crippen LogP contribution in [0, 0.1) is 10.1 Å². The number of nitrogens with zero attached hydrogens (tertiary/aromatic N) is 2. The number of hydrogen-bond acceptors (Lipinski definition) is 7. The molecule has 2 aromatic heterocycles. The van der Waals surface area contributed by atoms with E-state index in [0.717, 1.165) is 0 Å². The lowest BCUT2D eigenvalue weighted by atomic mass is 10.3. The molecule has 0 aliphatic heterocycles. The molecule has 18 heavy (non-hydrogen) atoms. The molecule has 0 radical (unpaired) electrons. The van der Waals surface area contributed by atoms with Gasteiger partial charge in [0, 0.05) is 6.07 Å². The minimum atomic E-state index is -0.516. The van der Waals surface area contributed by atoms with Crippen LogP contribution < -0.4 is 16.6 Å². The Bertz CT molecular complexity index is 540. The number of pyridine rings is 1. The Morgan fingerprint density at radius 2 is 2.28 bits per heavy atom. The van der Waals surface area contributed by atoms with Gasteiger partial charge < -0.3 is 15.2 Å². The van der Waals surface area contributed by atoms with E-state index in [1.807, 2.05) is 0 Å². The molecule has 0 atom stereocenters. The van der Waals surface area contributed by atoms with Crippen molar-refractivity contribution in [2.45, 2.75) is 6.54 Å². The lowest BCUT2D eigenvalue weighted by Gasteiger charge is -2.06. The summed E-state index contributed by atoms with van der Waals surface area (Å²) in [5.74, 6) is 6.32. The molecule has 0 aliphatic rings. The summed E-state index contributed by atoms with van der Waals surface area (Å²) in [5.41, 5.74) is 2.21. The van der Waals surface area contributed by atoms with E-state index >= 15 is 0 Å². The Hall–Kier alpha value is -2.61. The average molecular weight is 249 g/mol. The fourth-order valence-corrected chi connectivity index (χ4v) is 1.39. The van der Waals surface area contributed by atoms with Gasteiger partial charge in [0.2, 0.25) is 5.82 Å². The van der Waals surface area contributed by atoms with Gasteiger partial charge in [-0.05, 0) is 18.2 Å². The van der Waals surface area contributed by atoms with E-state index in [1.54, 1.807) is 12.1 Å². The molecule has 0 saturated carbocycles. The summed E-state index contributed by atoms with van der Waals surface area (Å²) < 4.78 is 5.11. The molecular weight excluding hydrogens is 238 g/mol. The maximum Gasteiger partial charge on any atom is 0.311 e. The molecule has 8 nitrogen and oxygen atoms in total. The van der Waals surface area contributed by atoms with Gasteiger partial charge in [-0.25, -0.2) is 10.8 Å². The monoisotopic (exact) mass is 249 g/mol. The quantitative estimate of drug-likeness (QED) is 0.417. The van der Waals surface area contributed by atoms with Crippen molar-refractivity contribution in [1.82, 2.24) is 4.98 Å². The zero-order valence-electron chi connectivity index (χ0n) is 9.29. The van der Waals surface area contributed by atoms with Gasteiger partial charge in [0.05, 0.1) is 17.7 Å². The number of anilines is 2. The Labute approximate surface area is 102 Å². The van der Waals surface area contributed by atoms with E-state index in [-0.39, 0.29) is 11.5 Å². The highest BCUT2D eigenvalue weighted by Crippen LogP contribution is 2.24. The van der Waals surface area contributed by atoms with Crippen LogP contribution in [0.5, 0.6) is 0 Å². The minimum Gasteiger partial charge on any atom is -0.467 e. The normalized spacial score (nSPS) is 10.1. The summed E-state index contributed by atoms with van der Waals surface area (Å²) in [5, 5.41) is 13.7. The molecule has 0 fully saturated rings. The van der Waals surface area contributed by atoms with Gasteiger partial charge in [-0.2, -0.15) is 0 Å². The first-order valence-corrected chi connectivity index (χ1v) is 5.09. The van der Waals surface area contributed by atoms with Crippen molar-refractivity contribution in [3.63, 3.8) is 0 Å². The largest absolute Gasteiger partial charge is 0.467 e. The molecule has 0 spiro atoms. The van der Waals surface area contributed by atoms with Crippen molar-refractivity contribution in [3.8, 4) is 0 Å². The topological polar surface area (TPSA) is 119 Å². The van der Waals surface area contributed by atoms with Crippen LogP contribution in [0.25, 0.3) is 0 Å². The summed E-state index contributed by atoms with van der Waals surface area (Å²) in [6.45, 7) is 0.300. The molecule has 8 heteroatoms. The maximum absolute atomic E-state index is 10.8. The van der Waals surface area contributed by atoms with Crippen LogP contribution in [0.1, 0.15) is 5.76 Å². The van der Waals surface area contributed by atoms with Crippen LogP contribution in [0.15, 0.2) is 34.9 Å². The Balaban J connectivity index is 2.20. The summed E-state index contributed by atoms with van der Waals surface area (Å²) in [6.07, 6.45) is 1.52. The molecule has 0 aliphatic carbocycles. The van der Waals surface area contributed by atoms with E-state index in [2.05, 4.69) is 15.7 Å². The maximum atomic E-state index is 10.8. The van der Waals surface area contributed by atoms with E-state index in [0.29, 0.717) is 18.1 Å². The van der Waals surface area contributed by atoms with Gasteiger partial charge in [0.15, 0.2) is 0 Å². The molecule has 2 aromatic rings. The third kappa shape index (κ3) is 2.55. The Morgan fingerprint density at radius 1 is 1.44 bits per heavy atom. The van der Waals surface area contributed by atoms with Gasteiger partial charge in [0.1, 0.15) is 11.6 Å². The van der Waals surface area contributed by atoms with Crippen molar-refractivity contribution < 1.29 is 9.34 Å². The van der Waals surface area contributed by atoms with Gasteiger partial charge >= 0.3 is 5.69 Å². The third-order valence-corrected chi connectivity index (χ3v) is 2.23. The van der Waals surface area contributed by atoms with Gasteiger partial charge in [0.25, 0.3) is 0 Å². The summed E-state index contributed by atoms with van der Waals surface area (Å²) in [4.78, 5) is 14.3. The van der Waals surface area contributed by atoms with Gasteiger partial charge in [-0.1, -0.05) is 0 Å². The predicted molar refractivity (Wildman–Crippen MR) is 64.7 cm³/mol. The van der Waals surface area contributed by atoms with Crippen LogP contribution in [0.4, 0.5) is 17.3 Å². The summed E-state index contributed by atoms with van der Waals surface area (Å²) >= 11 is 0. The smallest absolute Gasteiger partial charge is 0.311 e. The molecule has 94 valence electrons. The lowest BCUT2D eigenvalue weighted by molar-refractivity contribution is -0.384. The highest BCUT2D eigenvalue weighted by atomic mass is 16.6. The Kier molecular flexibility index (Phi) is 3.39. The number of aromatic nitrogens is 1. The molecule has 2 heterocycles. The van der Waals surface area contributed by atoms with E-state index in [4.69, 9.17) is 10.3 Å². The first kappa shape index (κ1) is 11.9. The second-order valence-electron chi connectivity index (χ2n) is 3.40. The number of nitrogens with one attached hydrogen (secondary N) is 2. The Morgan fingerprint density at radius 3 is 2.89 bits per heavy atom. The molecule has 0 amide bonds.